The minimum Gasteiger partial charge on any atom is -0.353 e. The van der Waals surface area contributed by atoms with Crippen molar-refractivity contribution >= 4 is 5.82 Å². The van der Waals surface area contributed by atoms with Crippen LogP contribution in [-0.4, -0.2) is 17.6 Å². The van der Waals surface area contributed by atoms with Gasteiger partial charge in [0, 0.05) is 12.6 Å². The third kappa shape index (κ3) is 2.29. The molecule has 0 unspecified atom stereocenters. The average molecular weight is 212 g/mol. The van der Waals surface area contributed by atoms with Crippen molar-refractivity contribution in [2.75, 3.05) is 11.4 Å². The van der Waals surface area contributed by atoms with Crippen molar-refractivity contribution in [3.05, 3.63) is 23.9 Å². The molecule has 0 aromatic carbocycles. The highest BCUT2D eigenvalue weighted by atomic mass is 15.2. The summed E-state index contributed by atoms with van der Waals surface area (Å²) in [7, 11) is 0. The molecule has 0 amide bonds. The smallest absolute Gasteiger partial charge is 0.142 e. The zero-order valence-electron chi connectivity index (χ0n) is 8.93. The van der Waals surface area contributed by atoms with Gasteiger partial charge < -0.3 is 4.90 Å². The van der Waals surface area contributed by atoms with E-state index in [0.29, 0.717) is 24.7 Å². The van der Waals surface area contributed by atoms with E-state index in [1.54, 1.807) is 6.07 Å². The lowest BCUT2D eigenvalue weighted by atomic mass is 10.3. The molecule has 80 valence electrons. The summed E-state index contributed by atoms with van der Waals surface area (Å²) in [4.78, 5) is 6.39. The number of anilines is 1. The summed E-state index contributed by atoms with van der Waals surface area (Å²) in [5.41, 5.74) is 0.431. The molecule has 1 fully saturated rings. The van der Waals surface area contributed by atoms with Crippen LogP contribution in [0.5, 0.6) is 0 Å². The van der Waals surface area contributed by atoms with Gasteiger partial charge in [-0.15, -0.1) is 0 Å². The molecular formula is C12H12N4. The molecule has 4 heteroatoms. The monoisotopic (exact) mass is 212 g/mol. The summed E-state index contributed by atoms with van der Waals surface area (Å²) in [6.45, 7) is 0.697. The summed E-state index contributed by atoms with van der Waals surface area (Å²) in [5, 5.41) is 17.4. The number of hydrogen-bond acceptors (Lipinski definition) is 4. The first kappa shape index (κ1) is 10.4. The zero-order chi connectivity index (χ0) is 11.4. The fourth-order valence-electron chi connectivity index (χ4n) is 1.69. The Kier molecular flexibility index (Phi) is 3.03. The Balaban J connectivity index is 2.18. The maximum absolute atomic E-state index is 8.79. The Bertz CT molecular complexity index is 451. The van der Waals surface area contributed by atoms with Gasteiger partial charge in [0.15, 0.2) is 0 Å². The molecule has 0 saturated heterocycles. The summed E-state index contributed by atoms with van der Waals surface area (Å²) in [6, 6.07) is 10.1. The Morgan fingerprint density at radius 2 is 2.19 bits per heavy atom. The number of nitrogens with zero attached hydrogens (tertiary/aromatic N) is 4. The SMILES string of the molecule is N#CCCN(c1cccc(C#N)n1)C1CC1. The van der Waals surface area contributed by atoms with E-state index in [2.05, 4.69) is 16.0 Å². The van der Waals surface area contributed by atoms with Crippen LogP contribution in [0.15, 0.2) is 18.2 Å². The highest BCUT2D eigenvalue weighted by Gasteiger charge is 2.29. The number of pyridine rings is 1. The Labute approximate surface area is 94.7 Å². The highest BCUT2D eigenvalue weighted by molar-refractivity contribution is 5.44. The van der Waals surface area contributed by atoms with Crippen LogP contribution in [0, 0.1) is 22.7 Å². The van der Waals surface area contributed by atoms with Crippen molar-refractivity contribution in [2.45, 2.75) is 25.3 Å². The summed E-state index contributed by atoms with van der Waals surface area (Å²) < 4.78 is 0. The molecule has 1 aromatic heterocycles. The Hall–Kier alpha value is -2.07. The molecule has 0 radical (unpaired) electrons. The molecule has 1 saturated carbocycles. The zero-order valence-corrected chi connectivity index (χ0v) is 8.93. The van der Waals surface area contributed by atoms with Gasteiger partial charge in [0.25, 0.3) is 0 Å². The van der Waals surface area contributed by atoms with Crippen LogP contribution in [0.1, 0.15) is 25.0 Å². The van der Waals surface area contributed by atoms with E-state index in [1.165, 1.54) is 0 Å². The van der Waals surface area contributed by atoms with Crippen molar-refractivity contribution in [3.63, 3.8) is 0 Å². The first-order chi connectivity index (χ1) is 7.85. The van der Waals surface area contributed by atoms with Crippen molar-refractivity contribution in [1.29, 1.82) is 10.5 Å². The largest absolute Gasteiger partial charge is 0.353 e. The molecule has 1 heterocycles. The number of aromatic nitrogens is 1. The summed E-state index contributed by atoms with van der Waals surface area (Å²) in [5.74, 6) is 0.816. The van der Waals surface area contributed by atoms with Crippen LogP contribution in [0.2, 0.25) is 0 Å². The van der Waals surface area contributed by atoms with Crippen molar-refractivity contribution in [3.8, 4) is 12.1 Å². The molecule has 16 heavy (non-hydrogen) atoms. The van der Waals surface area contributed by atoms with Gasteiger partial charge in [0.2, 0.25) is 0 Å². The molecule has 1 aliphatic carbocycles. The van der Waals surface area contributed by atoms with Crippen molar-refractivity contribution in [1.82, 2.24) is 4.98 Å². The van der Waals surface area contributed by atoms with Crippen LogP contribution in [0.3, 0.4) is 0 Å². The second kappa shape index (κ2) is 4.63. The second-order valence-electron chi connectivity index (χ2n) is 3.83. The van der Waals surface area contributed by atoms with Gasteiger partial charge in [-0.25, -0.2) is 4.98 Å². The van der Waals surface area contributed by atoms with Crippen LogP contribution >= 0.6 is 0 Å². The number of rotatable bonds is 4. The molecule has 0 spiro atoms. The summed E-state index contributed by atoms with van der Waals surface area (Å²) >= 11 is 0. The highest BCUT2D eigenvalue weighted by Crippen LogP contribution is 2.30. The van der Waals surface area contributed by atoms with Gasteiger partial charge in [-0.3, -0.25) is 0 Å². The lowest BCUT2D eigenvalue weighted by molar-refractivity contribution is 0.777. The minimum absolute atomic E-state index is 0.431. The summed E-state index contributed by atoms with van der Waals surface area (Å²) in [6.07, 6.45) is 2.81. The normalized spacial score (nSPS) is 13.9. The third-order valence-electron chi connectivity index (χ3n) is 2.60. The second-order valence-corrected chi connectivity index (χ2v) is 3.83. The lowest BCUT2D eigenvalue weighted by Gasteiger charge is -2.22. The number of hydrogen-bond donors (Lipinski definition) is 0. The van der Waals surface area contributed by atoms with E-state index in [-0.39, 0.29) is 0 Å². The van der Waals surface area contributed by atoms with Gasteiger partial charge in [-0.1, -0.05) is 6.07 Å². The molecule has 0 atom stereocenters. The van der Waals surface area contributed by atoms with E-state index in [9.17, 15) is 0 Å². The van der Waals surface area contributed by atoms with Crippen molar-refractivity contribution in [2.24, 2.45) is 0 Å². The molecule has 2 rings (SSSR count). The fraction of sp³-hybridized carbons (Fsp3) is 0.417. The van der Waals surface area contributed by atoms with Gasteiger partial charge >= 0.3 is 0 Å². The predicted octanol–water partition coefficient (Wildman–Crippen LogP) is 1.84. The maximum atomic E-state index is 8.79. The maximum Gasteiger partial charge on any atom is 0.142 e. The van der Waals surface area contributed by atoms with Crippen molar-refractivity contribution < 1.29 is 0 Å². The molecule has 4 nitrogen and oxygen atoms in total. The van der Waals surface area contributed by atoms with Gasteiger partial charge in [0.05, 0.1) is 12.5 Å². The van der Waals surface area contributed by atoms with E-state index in [4.69, 9.17) is 10.5 Å². The van der Waals surface area contributed by atoms with Crippen LogP contribution in [0.25, 0.3) is 0 Å². The molecule has 0 bridgehead atoms. The topological polar surface area (TPSA) is 63.7 Å². The van der Waals surface area contributed by atoms with E-state index in [0.717, 1.165) is 18.7 Å². The Morgan fingerprint density at radius 1 is 1.38 bits per heavy atom. The average Bonchev–Trinajstić information content (AvgIpc) is 3.14. The van der Waals surface area contributed by atoms with E-state index >= 15 is 0 Å². The van der Waals surface area contributed by atoms with Crippen LogP contribution in [0.4, 0.5) is 5.82 Å². The predicted molar refractivity (Wildman–Crippen MR) is 59.6 cm³/mol. The molecular weight excluding hydrogens is 200 g/mol. The molecule has 0 aliphatic heterocycles. The van der Waals surface area contributed by atoms with Crippen LogP contribution in [-0.2, 0) is 0 Å². The Morgan fingerprint density at radius 3 is 2.81 bits per heavy atom. The number of nitriles is 2. The van der Waals surface area contributed by atoms with Gasteiger partial charge in [-0.05, 0) is 25.0 Å². The van der Waals surface area contributed by atoms with Gasteiger partial charge in [-0.2, -0.15) is 10.5 Å². The first-order valence-electron chi connectivity index (χ1n) is 5.36. The first-order valence-corrected chi connectivity index (χ1v) is 5.36. The quantitative estimate of drug-likeness (QED) is 0.763. The fourth-order valence-corrected chi connectivity index (χ4v) is 1.69. The van der Waals surface area contributed by atoms with Crippen LogP contribution < -0.4 is 4.90 Å². The van der Waals surface area contributed by atoms with Gasteiger partial charge in [0.1, 0.15) is 17.6 Å². The molecule has 1 aliphatic rings. The molecule has 1 aromatic rings. The van der Waals surface area contributed by atoms with E-state index < -0.39 is 0 Å². The minimum atomic E-state index is 0.431. The van der Waals surface area contributed by atoms with E-state index in [1.807, 2.05) is 18.2 Å². The third-order valence-corrected chi connectivity index (χ3v) is 2.60. The lowest BCUT2D eigenvalue weighted by Crippen LogP contribution is -2.27. The molecule has 0 N–H and O–H groups in total. The standard InChI is InChI=1S/C12H12N4/c13-7-2-8-16(11-5-6-11)12-4-1-3-10(9-14)15-12/h1,3-4,11H,2,5-6,8H2.